The van der Waals surface area contributed by atoms with Crippen molar-refractivity contribution < 1.29 is 18.0 Å². The lowest BCUT2D eigenvalue weighted by Crippen LogP contribution is -2.53. The molecule has 0 aromatic heterocycles. The van der Waals surface area contributed by atoms with Crippen molar-refractivity contribution in [1.29, 1.82) is 0 Å². The highest BCUT2D eigenvalue weighted by Crippen LogP contribution is 2.27. The van der Waals surface area contributed by atoms with Gasteiger partial charge in [0, 0.05) is 27.2 Å². The molecular formula is C25H34Cl2N4O4S. The molecule has 0 aliphatic rings. The molecule has 8 nitrogen and oxygen atoms in total. The Morgan fingerprint density at radius 1 is 1.00 bits per heavy atom. The van der Waals surface area contributed by atoms with E-state index < -0.39 is 28.7 Å². The third kappa shape index (κ3) is 7.12. The van der Waals surface area contributed by atoms with Crippen LogP contribution >= 0.6 is 23.2 Å². The molecule has 0 radical (unpaired) electrons. The van der Waals surface area contributed by atoms with Gasteiger partial charge in [0.2, 0.25) is 11.8 Å². The van der Waals surface area contributed by atoms with Crippen molar-refractivity contribution in [1.82, 2.24) is 14.5 Å². The molecule has 0 bridgehead atoms. The molecule has 1 N–H and O–H groups in total. The van der Waals surface area contributed by atoms with Gasteiger partial charge in [-0.2, -0.15) is 12.7 Å². The molecule has 36 heavy (non-hydrogen) atoms. The molecule has 0 spiro atoms. The van der Waals surface area contributed by atoms with E-state index in [-0.39, 0.29) is 12.5 Å². The lowest BCUT2D eigenvalue weighted by molar-refractivity contribution is -0.140. The van der Waals surface area contributed by atoms with Gasteiger partial charge in [0.1, 0.15) is 12.6 Å². The molecule has 0 aliphatic heterocycles. The van der Waals surface area contributed by atoms with E-state index in [0.29, 0.717) is 39.8 Å². The number of rotatable bonds is 11. The van der Waals surface area contributed by atoms with E-state index in [9.17, 15) is 18.0 Å². The zero-order valence-electron chi connectivity index (χ0n) is 21.5. The second-order valence-corrected chi connectivity index (χ2v) is 11.6. The number of amides is 2. The van der Waals surface area contributed by atoms with Crippen LogP contribution in [0.3, 0.4) is 0 Å². The molecule has 0 saturated carbocycles. The predicted molar refractivity (Wildman–Crippen MR) is 146 cm³/mol. The molecule has 2 aromatic rings. The summed E-state index contributed by atoms with van der Waals surface area (Å²) >= 11 is 12.2. The quantitative estimate of drug-likeness (QED) is 0.449. The molecule has 1 atom stereocenters. The number of nitrogens with one attached hydrogen (secondary N) is 1. The van der Waals surface area contributed by atoms with Crippen molar-refractivity contribution in [2.45, 2.75) is 46.7 Å². The van der Waals surface area contributed by atoms with Gasteiger partial charge in [-0.3, -0.25) is 9.59 Å². The van der Waals surface area contributed by atoms with Crippen LogP contribution in [-0.2, 0) is 26.3 Å². The van der Waals surface area contributed by atoms with Crippen LogP contribution < -0.4 is 9.62 Å². The first-order valence-electron chi connectivity index (χ1n) is 11.6. The fourth-order valence-corrected chi connectivity index (χ4v) is 5.17. The Labute approximate surface area is 224 Å². The summed E-state index contributed by atoms with van der Waals surface area (Å²) in [5.74, 6) is -0.840. The van der Waals surface area contributed by atoms with Crippen LogP contribution in [0.15, 0.2) is 36.4 Å². The summed E-state index contributed by atoms with van der Waals surface area (Å²) in [6, 6.07) is 9.58. The summed E-state index contributed by atoms with van der Waals surface area (Å²) in [4.78, 5) is 28.1. The SMILES string of the molecule is CCNC(=O)[C@H](CC)N(Cc1ccc(Cl)c(Cl)c1)C(=O)CN(c1cc(C)ccc1C)S(=O)(=O)N(C)C. The molecule has 198 valence electrons. The van der Waals surface area contributed by atoms with E-state index in [1.54, 1.807) is 45.0 Å². The number of aryl methyl sites for hydroxylation is 2. The lowest BCUT2D eigenvalue weighted by atomic mass is 10.1. The Kier molecular flexibility index (Phi) is 10.6. The van der Waals surface area contributed by atoms with Gasteiger partial charge in [-0.05, 0) is 62.1 Å². The Morgan fingerprint density at radius 2 is 1.67 bits per heavy atom. The molecule has 2 amide bonds. The number of carbonyl (C=O) groups is 2. The Balaban J connectivity index is 2.57. The minimum Gasteiger partial charge on any atom is -0.355 e. The number of hydrogen-bond donors (Lipinski definition) is 1. The normalized spacial score (nSPS) is 12.4. The number of anilines is 1. The van der Waals surface area contributed by atoms with Crippen molar-refractivity contribution >= 4 is 50.9 Å². The second kappa shape index (κ2) is 12.8. The Morgan fingerprint density at radius 3 is 2.22 bits per heavy atom. The van der Waals surface area contributed by atoms with Gasteiger partial charge < -0.3 is 10.2 Å². The maximum atomic E-state index is 13.8. The Hall–Kier alpha value is -2.33. The number of halogens is 2. The van der Waals surface area contributed by atoms with Crippen LogP contribution in [0.2, 0.25) is 10.0 Å². The molecule has 0 unspecified atom stereocenters. The van der Waals surface area contributed by atoms with Crippen molar-refractivity contribution in [3.05, 3.63) is 63.1 Å². The highest BCUT2D eigenvalue weighted by Gasteiger charge is 2.34. The summed E-state index contributed by atoms with van der Waals surface area (Å²) in [7, 11) is -1.20. The van der Waals surface area contributed by atoms with E-state index in [1.165, 1.54) is 19.0 Å². The summed E-state index contributed by atoms with van der Waals surface area (Å²) in [5, 5.41) is 3.46. The molecule has 11 heteroatoms. The van der Waals surface area contributed by atoms with E-state index in [0.717, 1.165) is 14.2 Å². The average molecular weight is 558 g/mol. The van der Waals surface area contributed by atoms with Crippen molar-refractivity contribution in [2.24, 2.45) is 0 Å². The zero-order chi connectivity index (χ0) is 27.2. The largest absolute Gasteiger partial charge is 0.355 e. The fourth-order valence-electron chi connectivity index (χ4n) is 3.74. The fraction of sp³-hybridized carbons (Fsp3) is 0.440. The summed E-state index contributed by atoms with van der Waals surface area (Å²) in [6.45, 7) is 7.19. The van der Waals surface area contributed by atoms with Gasteiger partial charge in [-0.15, -0.1) is 0 Å². The Bertz CT molecular complexity index is 1200. The van der Waals surface area contributed by atoms with E-state index in [4.69, 9.17) is 23.2 Å². The van der Waals surface area contributed by atoms with Crippen molar-refractivity contribution in [3.63, 3.8) is 0 Å². The number of likely N-dealkylation sites (N-methyl/N-ethyl adjacent to an activating group) is 1. The van der Waals surface area contributed by atoms with Gasteiger partial charge >= 0.3 is 10.2 Å². The monoisotopic (exact) mass is 556 g/mol. The first kappa shape index (κ1) is 29.9. The van der Waals surface area contributed by atoms with Gasteiger partial charge in [0.15, 0.2) is 0 Å². The number of carbonyl (C=O) groups excluding carboxylic acids is 2. The predicted octanol–water partition coefficient (Wildman–Crippen LogP) is 4.17. The number of benzene rings is 2. The maximum absolute atomic E-state index is 13.8. The first-order chi connectivity index (χ1) is 16.8. The number of hydrogen-bond acceptors (Lipinski definition) is 4. The van der Waals surface area contributed by atoms with Crippen LogP contribution in [0.4, 0.5) is 5.69 Å². The van der Waals surface area contributed by atoms with Crippen molar-refractivity contribution in [2.75, 3.05) is 31.5 Å². The third-order valence-corrected chi connectivity index (χ3v) is 8.27. The van der Waals surface area contributed by atoms with Crippen LogP contribution in [0, 0.1) is 13.8 Å². The average Bonchev–Trinajstić information content (AvgIpc) is 2.81. The maximum Gasteiger partial charge on any atom is 0.304 e. The highest BCUT2D eigenvalue weighted by atomic mass is 35.5. The van der Waals surface area contributed by atoms with Crippen LogP contribution in [0.1, 0.15) is 37.0 Å². The van der Waals surface area contributed by atoms with E-state index in [1.807, 2.05) is 19.1 Å². The molecular weight excluding hydrogens is 523 g/mol. The first-order valence-corrected chi connectivity index (χ1v) is 13.8. The minimum atomic E-state index is -4.03. The van der Waals surface area contributed by atoms with Gasteiger partial charge in [-0.1, -0.05) is 48.3 Å². The molecule has 0 saturated heterocycles. The summed E-state index contributed by atoms with van der Waals surface area (Å²) < 4.78 is 28.8. The van der Waals surface area contributed by atoms with Crippen molar-refractivity contribution in [3.8, 4) is 0 Å². The smallest absolute Gasteiger partial charge is 0.304 e. The third-order valence-electron chi connectivity index (χ3n) is 5.73. The molecule has 2 rings (SSSR count). The highest BCUT2D eigenvalue weighted by molar-refractivity contribution is 7.90. The van der Waals surface area contributed by atoms with Crippen LogP contribution in [0.5, 0.6) is 0 Å². The molecule has 0 aliphatic carbocycles. The van der Waals surface area contributed by atoms with Gasteiger partial charge in [0.25, 0.3) is 0 Å². The van der Waals surface area contributed by atoms with E-state index in [2.05, 4.69) is 5.32 Å². The zero-order valence-corrected chi connectivity index (χ0v) is 23.8. The number of nitrogens with zero attached hydrogens (tertiary/aromatic N) is 3. The molecule has 0 fully saturated rings. The van der Waals surface area contributed by atoms with E-state index >= 15 is 0 Å². The van der Waals surface area contributed by atoms with Gasteiger partial charge in [0.05, 0.1) is 15.7 Å². The lowest BCUT2D eigenvalue weighted by Gasteiger charge is -2.34. The standard InChI is InChI=1S/C25H34Cl2N4O4S/c1-7-22(25(33)28-8-2)30(15-19-11-12-20(26)21(27)14-19)24(32)16-31(36(34,35)29(5)6)23-13-17(3)9-10-18(23)4/h9-14,22H,7-8,15-16H2,1-6H3,(H,28,33)/t22-/m0/s1. The van der Waals surface area contributed by atoms with Gasteiger partial charge in [-0.25, -0.2) is 4.31 Å². The summed E-state index contributed by atoms with van der Waals surface area (Å²) in [5.41, 5.74) is 2.61. The van der Waals surface area contributed by atoms with Crippen LogP contribution in [-0.4, -0.2) is 62.7 Å². The van der Waals surface area contributed by atoms with Crippen LogP contribution in [0.25, 0.3) is 0 Å². The summed E-state index contributed by atoms with van der Waals surface area (Å²) in [6.07, 6.45) is 0.336. The second-order valence-electron chi connectivity index (χ2n) is 8.68. The molecule has 0 heterocycles. The topological polar surface area (TPSA) is 90.0 Å². The molecule has 2 aromatic carbocycles. The minimum absolute atomic E-state index is 0.0496.